The van der Waals surface area contributed by atoms with Gasteiger partial charge in [0.1, 0.15) is 17.3 Å². The number of hydrogen-bond donors (Lipinski definition) is 2. The van der Waals surface area contributed by atoms with E-state index in [1.54, 1.807) is 37.6 Å². The largest absolute Gasteiger partial charge is 0.499 e. The number of allylic oxidation sites excluding steroid dienone is 2. The van der Waals surface area contributed by atoms with E-state index < -0.39 is 11.6 Å². The Morgan fingerprint density at radius 2 is 1.69 bits per heavy atom. The van der Waals surface area contributed by atoms with E-state index in [2.05, 4.69) is 9.97 Å². The lowest BCUT2D eigenvalue weighted by Gasteiger charge is -2.35. The molecular formula is C23H22Cl2N4O3. The zero-order chi connectivity index (χ0) is 23.0. The van der Waals surface area contributed by atoms with Crippen LogP contribution in [0.4, 0.5) is 0 Å². The van der Waals surface area contributed by atoms with Gasteiger partial charge in [-0.1, -0.05) is 41.4 Å². The van der Waals surface area contributed by atoms with Crippen LogP contribution in [0.5, 0.6) is 11.5 Å². The third kappa shape index (κ3) is 3.47. The van der Waals surface area contributed by atoms with Crippen LogP contribution in [0.25, 0.3) is 22.0 Å². The van der Waals surface area contributed by atoms with E-state index in [1.807, 2.05) is 18.2 Å². The van der Waals surface area contributed by atoms with Gasteiger partial charge in [-0.15, -0.1) is 0 Å². The Hall–Kier alpha value is -2.84. The summed E-state index contributed by atoms with van der Waals surface area (Å²) in [7, 11) is 4.61. The number of ether oxygens (including phenoxy) is 3. The number of nitrogens with two attached hydrogens (primary N) is 2. The molecule has 7 nitrogen and oxygen atoms in total. The van der Waals surface area contributed by atoms with Crippen molar-refractivity contribution in [3.8, 4) is 22.6 Å². The molecule has 0 bridgehead atoms. The first kappa shape index (κ1) is 22.4. The maximum Gasteiger partial charge on any atom is 0.158 e. The van der Waals surface area contributed by atoms with Gasteiger partial charge in [0.15, 0.2) is 11.4 Å². The second-order valence-electron chi connectivity index (χ2n) is 7.27. The molecule has 1 aliphatic rings. The van der Waals surface area contributed by atoms with Crippen molar-refractivity contribution in [2.24, 2.45) is 11.5 Å². The normalized spacial score (nSPS) is 20.2. The van der Waals surface area contributed by atoms with Gasteiger partial charge in [0.25, 0.3) is 0 Å². The number of benzene rings is 2. The number of aromatic nitrogens is 2. The summed E-state index contributed by atoms with van der Waals surface area (Å²) in [6.45, 7) is 0. The van der Waals surface area contributed by atoms with Crippen LogP contribution in [0, 0.1) is 0 Å². The highest BCUT2D eigenvalue weighted by Crippen LogP contribution is 2.46. The van der Waals surface area contributed by atoms with Crippen LogP contribution in [-0.2, 0) is 10.3 Å². The smallest absolute Gasteiger partial charge is 0.158 e. The fraction of sp³-hybridized carbons (Fsp3) is 0.217. The van der Waals surface area contributed by atoms with Crippen LogP contribution in [0.15, 0.2) is 54.4 Å². The fourth-order valence-electron chi connectivity index (χ4n) is 3.74. The monoisotopic (exact) mass is 472 g/mol. The summed E-state index contributed by atoms with van der Waals surface area (Å²) in [4.78, 5) is 9.19. The van der Waals surface area contributed by atoms with Crippen molar-refractivity contribution in [1.82, 2.24) is 9.97 Å². The first-order chi connectivity index (χ1) is 15.3. The molecule has 166 valence electrons. The minimum Gasteiger partial charge on any atom is -0.499 e. The molecule has 4 N–H and O–H groups in total. The van der Waals surface area contributed by atoms with Crippen LogP contribution in [0.3, 0.4) is 0 Å². The summed E-state index contributed by atoms with van der Waals surface area (Å²) in [5.74, 6) is 1.77. The second-order valence-corrected chi connectivity index (χ2v) is 8.02. The van der Waals surface area contributed by atoms with Crippen molar-refractivity contribution in [3.63, 3.8) is 0 Å². The molecule has 2 aromatic carbocycles. The summed E-state index contributed by atoms with van der Waals surface area (Å²) in [5.41, 5.74) is 13.8. The van der Waals surface area contributed by atoms with Crippen LogP contribution in [0.2, 0.25) is 10.0 Å². The van der Waals surface area contributed by atoms with E-state index >= 15 is 0 Å². The Bertz CT molecular complexity index is 1230. The van der Waals surface area contributed by atoms with E-state index in [4.69, 9.17) is 48.9 Å². The molecule has 2 unspecified atom stereocenters. The molecule has 4 rings (SSSR count). The summed E-state index contributed by atoms with van der Waals surface area (Å²) < 4.78 is 16.2. The van der Waals surface area contributed by atoms with Crippen LogP contribution >= 0.6 is 23.2 Å². The van der Waals surface area contributed by atoms with Gasteiger partial charge in [0.2, 0.25) is 0 Å². The molecule has 1 aromatic heterocycles. The SMILES string of the molecule is COC1=CC=CC(N)C1(N)c1ncc2cc(-c3c(Cl)c(OC)cc(OC)c3Cl)ccc2n1. The van der Waals surface area contributed by atoms with Crippen LogP contribution in [0.1, 0.15) is 5.82 Å². The first-order valence-corrected chi connectivity index (χ1v) is 10.5. The molecule has 0 radical (unpaired) electrons. The Morgan fingerprint density at radius 3 is 2.31 bits per heavy atom. The number of hydrogen-bond acceptors (Lipinski definition) is 7. The number of rotatable bonds is 5. The van der Waals surface area contributed by atoms with E-state index in [9.17, 15) is 0 Å². The minimum absolute atomic E-state index is 0.363. The van der Waals surface area contributed by atoms with Crippen molar-refractivity contribution < 1.29 is 14.2 Å². The van der Waals surface area contributed by atoms with Crippen LogP contribution < -0.4 is 20.9 Å². The molecule has 0 spiro atoms. The van der Waals surface area contributed by atoms with E-state index in [-0.39, 0.29) is 0 Å². The summed E-state index contributed by atoms with van der Waals surface area (Å²) in [5, 5.41) is 1.53. The predicted octanol–water partition coefficient (Wildman–Crippen LogP) is 4.20. The van der Waals surface area contributed by atoms with Crippen LogP contribution in [-0.4, -0.2) is 37.3 Å². The minimum atomic E-state index is -1.18. The Kier molecular flexibility index (Phi) is 6.01. The molecule has 9 heteroatoms. The van der Waals surface area contributed by atoms with Crippen molar-refractivity contribution in [1.29, 1.82) is 0 Å². The zero-order valence-electron chi connectivity index (χ0n) is 17.7. The van der Waals surface area contributed by atoms with E-state index in [1.165, 1.54) is 14.2 Å². The quantitative estimate of drug-likeness (QED) is 0.572. The number of nitrogens with zero attached hydrogens (tertiary/aromatic N) is 2. The van der Waals surface area contributed by atoms with Gasteiger partial charge in [-0.05, 0) is 23.8 Å². The van der Waals surface area contributed by atoms with Gasteiger partial charge in [-0.3, -0.25) is 0 Å². The Morgan fingerprint density at radius 1 is 1.00 bits per heavy atom. The lowest BCUT2D eigenvalue weighted by Crippen LogP contribution is -2.55. The molecule has 0 saturated carbocycles. The maximum absolute atomic E-state index is 6.64. The summed E-state index contributed by atoms with van der Waals surface area (Å²) in [6, 6.07) is 6.71. The molecule has 32 heavy (non-hydrogen) atoms. The highest BCUT2D eigenvalue weighted by molar-refractivity contribution is 6.41. The molecule has 0 fully saturated rings. The Balaban J connectivity index is 1.84. The highest BCUT2D eigenvalue weighted by atomic mass is 35.5. The van der Waals surface area contributed by atoms with E-state index in [0.29, 0.717) is 44.2 Å². The molecule has 0 saturated heterocycles. The molecule has 2 atom stereocenters. The first-order valence-electron chi connectivity index (χ1n) is 9.70. The fourth-order valence-corrected chi connectivity index (χ4v) is 4.46. The van der Waals surface area contributed by atoms with Gasteiger partial charge >= 0.3 is 0 Å². The number of fused-ring (bicyclic) bond motifs is 1. The van der Waals surface area contributed by atoms with Gasteiger partial charge in [-0.25, -0.2) is 9.97 Å². The number of methoxy groups -OCH3 is 3. The lowest BCUT2D eigenvalue weighted by molar-refractivity contribution is 0.203. The third-order valence-electron chi connectivity index (χ3n) is 5.53. The van der Waals surface area contributed by atoms with Crippen molar-refractivity contribution in [2.75, 3.05) is 21.3 Å². The average molecular weight is 473 g/mol. The second kappa shape index (κ2) is 8.60. The Labute approximate surface area is 195 Å². The molecular weight excluding hydrogens is 451 g/mol. The third-order valence-corrected chi connectivity index (χ3v) is 6.28. The van der Waals surface area contributed by atoms with Crippen molar-refractivity contribution >= 4 is 34.1 Å². The molecule has 1 aliphatic carbocycles. The zero-order valence-corrected chi connectivity index (χ0v) is 19.2. The predicted molar refractivity (Wildman–Crippen MR) is 126 cm³/mol. The lowest BCUT2D eigenvalue weighted by atomic mass is 9.84. The van der Waals surface area contributed by atoms with E-state index in [0.717, 1.165) is 10.9 Å². The number of halogens is 2. The molecule has 0 amide bonds. The van der Waals surface area contributed by atoms with Gasteiger partial charge in [0, 0.05) is 23.2 Å². The van der Waals surface area contributed by atoms with Gasteiger partial charge < -0.3 is 25.7 Å². The molecule has 0 aliphatic heterocycles. The molecule has 1 heterocycles. The van der Waals surface area contributed by atoms with Crippen molar-refractivity contribution in [2.45, 2.75) is 11.6 Å². The topological polar surface area (TPSA) is 106 Å². The van der Waals surface area contributed by atoms with Gasteiger partial charge in [0.05, 0.1) is 42.9 Å². The highest BCUT2D eigenvalue weighted by Gasteiger charge is 2.42. The maximum atomic E-state index is 6.64. The summed E-state index contributed by atoms with van der Waals surface area (Å²) in [6.07, 6.45) is 7.05. The standard InChI is InChI=1S/C23H22Cl2N4O3/c1-30-15-10-16(31-2)21(25)19(20(15)24)12-7-8-14-13(9-12)11-28-22(29-14)23(27)17(26)5-4-6-18(23)32-3/h4-11,17H,26-27H2,1-3H3. The average Bonchev–Trinajstić information content (AvgIpc) is 2.80. The molecule has 3 aromatic rings. The van der Waals surface area contributed by atoms with Crippen molar-refractivity contribution in [3.05, 3.63) is 70.3 Å². The summed E-state index contributed by atoms with van der Waals surface area (Å²) >= 11 is 13.1. The van der Waals surface area contributed by atoms with Gasteiger partial charge in [-0.2, -0.15) is 0 Å².